The van der Waals surface area contributed by atoms with Crippen LogP contribution in [0.4, 0.5) is 8.78 Å². The van der Waals surface area contributed by atoms with Gasteiger partial charge in [0.25, 0.3) is 0 Å². The smallest absolute Gasteiger partial charge is 0.130 e. The fraction of sp³-hybridized carbons (Fsp3) is 0.500. The molecule has 90 valence electrons. The molecule has 1 aromatic carbocycles. The van der Waals surface area contributed by atoms with E-state index in [2.05, 4.69) is 5.32 Å². The van der Waals surface area contributed by atoms with Gasteiger partial charge in [-0.1, -0.05) is 6.07 Å². The molecule has 1 unspecified atom stereocenters. The molecule has 0 aromatic heterocycles. The van der Waals surface area contributed by atoms with E-state index in [0.717, 1.165) is 19.2 Å². The van der Waals surface area contributed by atoms with Crippen LogP contribution in [0.25, 0.3) is 0 Å². The quantitative estimate of drug-likeness (QED) is 0.831. The Morgan fingerprint density at radius 1 is 1.31 bits per heavy atom. The Labute approximate surface area is 95.3 Å². The van der Waals surface area contributed by atoms with E-state index >= 15 is 0 Å². The monoisotopic (exact) mass is 228 g/mol. The zero-order valence-electron chi connectivity index (χ0n) is 9.93. The van der Waals surface area contributed by atoms with Crippen LogP contribution in [-0.4, -0.2) is 32.1 Å². The van der Waals surface area contributed by atoms with E-state index in [1.54, 1.807) is 0 Å². The molecule has 0 amide bonds. The van der Waals surface area contributed by atoms with Crippen molar-refractivity contribution in [3.8, 4) is 0 Å². The molecule has 0 aliphatic carbocycles. The maximum Gasteiger partial charge on any atom is 0.130 e. The van der Waals surface area contributed by atoms with Crippen LogP contribution in [0.2, 0.25) is 0 Å². The summed E-state index contributed by atoms with van der Waals surface area (Å²) in [5.41, 5.74) is 0.500. The summed E-state index contributed by atoms with van der Waals surface area (Å²) in [5.74, 6) is -1.04. The summed E-state index contributed by atoms with van der Waals surface area (Å²) in [6, 6.07) is 3.57. The molecular formula is C12H18F2N2. The predicted octanol–water partition coefficient (Wildman–Crippen LogP) is 2.18. The molecule has 1 N–H and O–H groups in total. The lowest BCUT2D eigenvalue weighted by atomic mass is 10.1. The third-order valence-corrected chi connectivity index (χ3v) is 2.44. The lowest BCUT2D eigenvalue weighted by Gasteiger charge is -2.17. The summed E-state index contributed by atoms with van der Waals surface area (Å²) in [4.78, 5) is 2.04. The highest BCUT2D eigenvalue weighted by Crippen LogP contribution is 2.17. The molecule has 0 bridgehead atoms. The largest absolute Gasteiger partial charge is 0.309 e. The molecule has 0 aliphatic rings. The van der Waals surface area contributed by atoms with E-state index in [1.807, 2.05) is 25.9 Å². The van der Waals surface area contributed by atoms with Gasteiger partial charge in [0.15, 0.2) is 0 Å². The summed E-state index contributed by atoms with van der Waals surface area (Å²) in [5, 5.41) is 3.19. The number of hydrogen-bond donors (Lipinski definition) is 1. The topological polar surface area (TPSA) is 15.3 Å². The normalized spacial score (nSPS) is 13.1. The summed E-state index contributed by atoms with van der Waals surface area (Å²) < 4.78 is 26.1. The van der Waals surface area contributed by atoms with Gasteiger partial charge in [-0.25, -0.2) is 8.78 Å². The summed E-state index contributed by atoms with van der Waals surface area (Å²) >= 11 is 0. The molecule has 1 rings (SSSR count). The number of likely N-dealkylation sites (N-methyl/N-ethyl adjacent to an activating group) is 1. The number of rotatable bonds is 5. The highest BCUT2D eigenvalue weighted by molar-refractivity contribution is 5.21. The van der Waals surface area contributed by atoms with Crippen molar-refractivity contribution < 1.29 is 8.78 Å². The number of nitrogens with zero attached hydrogens (tertiary/aromatic N) is 1. The van der Waals surface area contributed by atoms with Gasteiger partial charge in [0.2, 0.25) is 0 Å². The van der Waals surface area contributed by atoms with Crippen LogP contribution in [0, 0.1) is 11.6 Å². The lowest BCUT2D eigenvalue weighted by Crippen LogP contribution is -2.28. The zero-order chi connectivity index (χ0) is 12.1. The molecule has 0 heterocycles. The first-order valence-corrected chi connectivity index (χ1v) is 5.33. The van der Waals surface area contributed by atoms with Crippen LogP contribution < -0.4 is 5.32 Å². The first-order chi connectivity index (χ1) is 7.50. The lowest BCUT2D eigenvalue weighted by molar-refractivity contribution is 0.387. The van der Waals surface area contributed by atoms with Crippen molar-refractivity contribution in [2.24, 2.45) is 0 Å². The zero-order valence-corrected chi connectivity index (χ0v) is 9.93. The van der Waals surface area contributed by atoms with E-state index in [1.165, 1.54) is 12.1 Å². The fourth-order valence-electron chi connectivity index (χ4n) is 1.47. The van der Waals surface area contributed by atoms with Gasteiger partial charge in [-0.05, 0) is 27.1 Å². The van der Waals surface area contributed by atoms with E-state index < -0.39 is 11.6 Å². The third-order valence-electron chi connectivity index (χ3n) is 2.44. The number of hydrogen-bond acceptors (Lipinski definition) is 2. The van der Waals surface area contributed by atoms with Gasteiger partial charge in [0, 0.05) is 30.8 Å². The minimum atomic E-state index is -0.540. The van der Waals surface area contributed by atoms with Crippen molar-refractivity contribution in [3.05, 3.63) is 35.4 Å². The molecule has 2 nitrogen and oxygen atoms in total. The maximum atomic E-state index is 13.4. The molecule has 0 aliphatic heterocycles. The standard InChI is InChI=1S/C12H18F2N2/c1-9(15-6-7-16(2)3)11-5-4-10(13)8-12(11)14/h4-5,8-9,15H,6-7H2,1-3H3. The first-order valence-electron chi connectivity index (χ1n) is 5.33. The predicted molar refractivity (Wildman–Crippen MR) is 61.3 cm³/mol. The highest BCUT2D eigenvalue weighted by atomic mass is 19.1. The molecule has 0 saturated heterocycles. The minimum Gasteiger partial charge on any atom is -0.309 e. The van der Waals surface area contributed by atoms with E-state index in [0.29, 0.717) is 5.56 Å². The molecule has 1 aromatic rings. The summed E-state index contributed by atoms with van der Waals surface area (Å²) in [6.45, 7) is 3.52. The average Bonchev–Trinajstić information content (AvgIpc) is 2.16. The second-order valence-electron chi connectivity index (χ2n) is 4.14. The van der Waals surface area contributed by atoms with Gasteiger partial charge >= 0.3 is 0 Å². The molecule has 16 heavy (non-hydrogen) atoms. The van der Waals surface area contributed by atoms with Crippen molar-refractivity contribution in [2.75, 3.05) is 27.2 Å². The van der Waals surface area contributed by atoms with Crippen molar-refractivity contribution >= 4 is 0 Å². The molecule has 0 spiro atoms. The van der Waals surface area contributed by atoms with Crippen LogP contribution >= 0.6 is 0 Å². The molecule has 0 radical (unpaired) electrons. The Balaban J connectivity index is 2.55. The van der Waals surface area contributed by atoms with Gasteiger partial charge in [-0.3, -0.25) is 0 Å². The van der Waals surface area contributed by atoms with Crippen LogP contribution in [0.3, 0.4) is 0 Å². The van der Waals surface area contributed by atoms with Crippen LogP contribution in [-0.2, 0) is 0 Å². The molecule has 0 fully saturated rings. The van der Waals surface area contributed by atoms with Crippen LogP contribution in [0.1, 0.15) is 18.5 Å². The van der Waals surface area contributed by atoms with Crippen LogP contribution in [0.5, 0.6) is 0 Å². The van der Waals surface area contributed by atoms with Gasteiger partial charge in [-0.2, -0.15) is 0 Å². The molecule has 1 atom stereocenters. The van der Waals surface area contributed by atoms with Crippen molar-refractivity contribution in [3.63, 3.8) is 0 Å². The van der Waals surface area contributed by atoms with E-state index in [4.69, 9.17) is 0 Å². The van der Waals surface area contributed by atoms with Crippen molar-refractivity contribution in [2.45, 2.75) is 13.0 Å². The number of halogens is 2. The van der Waals surface area contributed by atoms with Gasteiger partial charge < -0.3 is 10.2 Å². The van der Waals surface area contributed by atoms with E-state index in [9.17, 15) is 8.78 Å². The SMILES string of the molecule is CC(NCCN(C)C)c1ccc(F)cc1F. The third kappa shape index (κ3) is 3.87. The Morgan fingerprint density at radius 3 is 2.56 bits per heavy atom. The maximum absolute atomic E-state index is 13.4. The van der Waals surface area contributed by atoms with Crippen molar-refractivity contribution in [1.82, 2.24) is 10.2 Å². The molecule has 0 saturated carbocycles. The Morgan fingerprint density at radius 2 is 2.00 bits per heavy atom. The first kappa shape index (κ1) is 13.1. The summed E-state index contributed by atoms with van der Waals surface area (Å²) in [6.07, 6.45) is 0. The Bertz CT molecular complexity index is 340. The number of nitrogens with one attached hydrogen (secondary N) is 1. The Kier molecular flexibility index (Phi) is 4.83. The van der Waals surface area contributed by atoms with E-state index in [-0.39, 0.29) is 6.04 Å². The van der Waals surface area contributed by atoms with Crippen LogP contribution in [0.15, 0.2) is 18.2 Å². The second kappa shape index (κ2) is 5.92. The fourth-order valence-corrected chi connectivity index (χ4v) is 1.47. The Hall–Kier alpha value is -1.00. The van der Waals surface area contributed by atoms with Gasteiger partial charge in [0.05, 0.1) is 0 Å². The average molecular weight is 228 g/mol. The molecule has 4 heteroatoms. The summed E-state index contributed by atoms with van der Waals surface area (Å²) in [7, 11) is 3.95. The second-order valence-corrected chi connectivity index (χ2v) is 4.14. The van der Waals surface area contributed by atoms with Gasteiger partial charge in [-0.15, -0.1) is 0 Å². The van der Waals surface area contributed by atoms with Crippen molar-refractivity contribution in [1.29, 1.82) is 0 Å². The number of benzene rings is 1. The molecular weight excluding hydrogens is 210 g/mol. The minimum absolute atomic E-state index is 0.111. The van der Waals surface area contributed by atoms with Gasteiger partial charge in [0.1, 0.15) is 11.6 Å². The highest BCUT2D eigenvalue weighted by Gasteiger charge is 2.10.